The molecule has 1 atom stereocenters. The highest BCUT2D eigenvalue weighted by Gasteiger charge is 2.25. The van der Waals surface area contributed by atoms with E-state index < -0.39 is 6.09 Å². The van der Waals surface area contributed by atoms with Crippen LogP contribution in [0.5, 0.6) is 5.75 Å². The van der Waals surface area contributed by atoms with Gasteiger partial charge in [0, 0.05) is 31.5 Å². The van der Waals surface area contributed by atoms with E-state index in [-0.39, 0.29) is 6.23 Å². The molecule has 1 aliphatic rings. The van der Waals surface area contributed by atoms with Gasteiger partial charge in [-0.05, 0) is 37.8 Å². The Morgan fingerprint density at radius 3 is 2.73 bits per heavy atom. The van der Waals surface area contributed by atoms with Crippen LogP contribution < -0.4 is 10.1 Å². The molecule has 2 rings (SSSR count). The molecule has 1 aliphatic heterocycles. The number of unbranched alkanes of at least 4 members (excludes halogenated alkanes) is 1. The highest BCUT2D eigenvalue weighted by atomic mass is 16.6. The van der Waals surface area contributed by atoms with Crippen molar-refractivity contribution in [2.75, 3.05) is 38.2 Å². The Hall–Kier alpha value is -1.79. The molecule has 0 radical (unpaired) electrons. The maximum absolute atomic E-state index is 12.3. The van der Waals surface area contributed by atoms with E-state index in [1.165, 1.54) is 0 Å². The molecule has 1 aromatic carbocycles. The Bertz CT molecular complexity index is 532. The Labute approximate surface area is 156 Å². The van der Waals surface area contributed by atoms with Crippen molar-refractivity contribution in [1.82, 2.24) is 4.90 Å². The first-order valence-electron chi connectivity index (χ1n) is 9.75. The zero-order chi connectivity index (χ0) is 18.6. The van der Waals surface area contributed by atoms with Crippen molar-refractivity contribution in [2.45, 2.75) is 52.2 Å². The van der Waals surface area contributed by atoms with Gasteiger partial charge in [0.15, 0.2) is 6.23 Å². The van der Waals surface area contributed by atoms with Crippen LogP contribution >= 0.6 is 0 Å². The fraction of sp³-hybridized carbons (Fsp3) is 0.650. The molecule has 1 unspecified atom stereocenters. The molecule has 0 bridgehead atoms. The second kappa shape index (κ2) is 11.8. The lowest BCUT2D eigenvalue weighted by atomic mass is 10.3. The maximum Gasteiger partial charge on any atom is 0.413 e. The maximum atomic E-state index is 12.3. The van der Waals surface area contributed by atoms with Crippen LogP contribution in [0.15, 0.2) is 24.3 Å². The van der Waals surface area contributed by atoms with E-state index in [2.05, 4.69) is 24.1 Å². The summed E-state index contributed by atoms with van der Waals surface area (Å²) in [6.07, 6.45) is 4.50. The number of carbonyl (C=O) groups is 1. The summed E-state index contributed by atoms with van der Waals surface area (Å²) >= 11 is 0. The number of amides is 1. The summed E-state index contributed by atoms with van der Waals surface area (Å²) in [4.78, 5) is 14.5. The van der Waals surface area contributed by atoms with E-state index in [4.69, 9.17) is 14.2 Å². The zero-order valence-corrected chi connectivity index (χ0v) is 16.0. The summed E-state index contributed by atoms with van der Waals surface area (Å²) < 4.78 is 16.9. The topological polar surface area (TPSA) is 60.0 Å². The molecule has 1 saturated heterocycles. The number of hydrogen-bond donors (Lipinski definition) is 1. The third-order valence-electron chi connectivity index (χ3n) is 4.25. The minimum atomic E-state index is -0.465. The Kier molecular flexibility index (Phi) is 9.28. The minimum absolute atomic E-state index is 0.340. The molecule has 0 aliphatic carbocycles. The fourth-order valence-corrected chi connectivity index (χ4v) is 2.84. The number of benzene rings is 1. The summed E-state index contributed by atoms with van der Waals surface area (Å²) in [5.74, 6) is 0.749. The largest absolute Gasteiger partial charge is 0.494 e. The standard InChI is InChI=1S/C20H32N2O4/c1-3-5-14-25-18-10-8-9-17(15-18)21-20(23)26-19(16-24-13-4-2)22-11-6-7-12-22/h8-10,15,19H,3-7,11-14,16H2,1-2H3,(H,21,23). The van der Waals surface area contributed by atoms with E-state index in [1.54, 1.807) is 0 Å². The molecule has 6 heteroatoms. The molecule has 1 aromatic rings. The van der Waals surface area contributed by atoms with Gasteiger partial charge in [0.1, 0.15) is 5.75 Å². The van der Waals surface area contributed by atoms with E-state index in [9.17, 15) is 4.79 Å². The van der Waals surface area contributed by atoms with Crippen molar-refractivity contribution < 1.29 is 19.0 Å². The lowest BCUT2D eigenvalue weighted by Gasteiger charge is -2.27. The molecule has 26 heavy (non-hydrogen) atoms. The van der Waals surface area contributed by atoms with Crippen molar-refractivity contribution in [3.8, 4) is 5.75 Å². The molecule has 146 valence electrons. The van der Waals surface area contributed by atoms with Crippen molar-refractivity contribution in [1.29, 1.82) is 0 Å². The highest BCUT2D eigenvalue weighted by molar-refractivity contribution is 5.84. The van der Waals surface area contributed by atoms with Gasteiger partial charge in [-0.1, -0.05) is 26.3 Å². The first-order valence-corrected chi connectivity index (χ1v) is 9.75. The van der Waals surface area contributed by atoms with Gasteiger partial charge in [0.05, 0.1) is 13.2 Å². The molecular formula is C20H32N2O4. The quantitative estimate of drug-likeness (QED) is 0.595. The molecule has 6 nitrogen and oxygen atoms in total. The number of ether oxygens (including phenoxy) is 3. The van der Waals surface area contributed by atoms with Gasteiger partial charge < -0.3 is 14.2 Å². The molecular weight excluding hydrogens is 332 g/mol. The molecule has 1 fully saturated rings. The van der Waals surface area contributed by atoms with Gasteiger partial charge in [0.25, 0.3) is 0 Å². The van der Waals surface area contributed by atoms with Gasteiger partial charge in [-0.15, -0.1) is 0 Å². The molecule has 1 N–H and O–H groups in total. The number of rotatable bonds is 11. The number of nitrogens with one attached hydrogen (secondary N) is 1. The molecule has 0 aromatic heterocycles. The van der Waals surface area contributed by atoms with Crippen molar-refractivity contribution in [2.24, 2.45) is 0 Å². The van der Waals surface area contributed by atoms with Crippen LogP contribution in [0.25, 0.3) is 0 Å². The third kappa shape index (κ3) is 7.22. The van der Waals surface area contributed by atoms with Gasteiger partial charge in [-0.25, -0.2) is 4.79 Å². The Morgan fingerprint density at radius 1 is 1.19 bits per heavy atom. The van der Waals surface area contributed by atoms with Crippen molar-refractivity contribution >= 4 is 11.8 Å². The number of hydrogen-bond acceptors (Lipinski definition) is 5. The zero-order valence-electron chi connectivity index (χ0n) is 16.0. The lowest BCUT2D eigenvalue weighted by Crippen LogP contribution is -2.41. The normalized spacial score (nSPS) is 15.6. The Morgan fingerprint density at radius 2 is 2.00 bits per heavy atom. The van der Waals surface area contributed by atoms with E-state index in [0.29, 0.717) is 25.5 Å². The predicted octanol–water partition coefficient (Wildman–Crippen LogP) is 4.26. The number of nitrogens with zero attached hydrogens (tertiary/aromatic N) is 1. The van der Waals surface area contributed by atoms with Crippen LogP contribution in [0.1, 0.15) is 46.0 Å². The van der Waals surface area contributed by atoms with Crippen LogP contribution in [-0.2, 0) is 9.47 Å². The number of carbonyl (C=O) groups excluding carboxylic acids is 1. The first-order chi connectivity index (χ1) is 12.7. The van der Waals surface area contributed by atoms with E-state index >= 15 is 0 Å². The fourth-order valence-electron chi connectivity index (χ4n) is 2.84. The van der Waals surface area contributed by atoms with Crippen LogP contribution in [0.3, 0.4) is 0 Å². The lowest BCUT2D eigenvalue weighted by molar-refractivity contribution is -0.0529. The predicted molar refractivity (Wildman–Crippen MR) is 103 cm³/mol. The molecule has 0 spiro atoms. The van der Waals surface area contributed by atoms with Crippen molar-refractivity contribution in [3.63, 3.8) is 0 Å². The van der Waals surface area contributed by atoms with Crippen LogP contribution in [-0.4, -0.2) is 50.1 Å². The highest BCUT2D eigenvalue weighted by Crippen LogP contribution is 2.19. The van der Waals surface area contributed by atoms with Crippen molar-refractivity contribution in [3.05, 3.63) is 24.3 Å². The minimum Gasteiger partial charge on any atom is -0.494 e. The second-order valence-electron chi connectivity index (χ2n) is 6.53. The second-order valence-corrected chi connectivity index (χ2v) is 6.53. The summed E-state index contributed by atoms with van der Waals surface area (Å²) in [5, 5.41) is 2.79. The molecule has 0 saturated carbocycles. The van der Waals surface area contributed by atoms with Crippen LogP contribution in [0, 0.1) is 0 Å². The molecule has 1 heterocycles. The summed E-state index contributed by atoms with van der Waals surface area (Å²) in [6.45, 7) is 7.82. The van der Waals surface area contributed by atoms with Gasteiger partial charge >= 0.3 is 6.09 Å². The summed E-state index contributed by atoms with van der Waals surface area (Å²) in [7, 11) is 0. The SMILES string of the molecule is CCCCOc1cccc(NC(=O)OC(COCCC)N2CCCC2)c1. The first kappa shape index (κ1) is 20.5. The van der Waals surface area contributed by atoms with E-state index in [1.807, 2.05) is 24.3 Å². The van der Waals surface area contributed by atoms with Gasteiger partial charge in [-0.3, -0.25) is 10.2 Å². The smallest absolute Gasteiger partial charge is 0.413 e. The monoisotopic (exact) mass is 364 g/mol. The average Bonchev–Trinajstić information content (AvgIpc) is 3.16. The average molecular weight is 364 g/mol. The summed E-state index contributed by atoms with van der Waals surface area (Å²) in [5.41, 5.74) is 0.665. The summed E-state index contributed by atoms with van der Waals surface area (Å²) in [6, 6.07) is 7.39. The number of likely N-dealkylation sites (tertiary alicyclic amines) is 1. The van der Waals surface area contributed by atoms with Gasteiger partial charge in [0.2, 0.25) is 0 Å². The number of anilines is 1. The Balaban J connectivity index is 1.86. The van der Waals surface area contributed by atoms with E-state index in [0.717, 1.165) is 50.9 Å². The molecule has 1 amide bonds. The van der Waals surface area contributed by atoms with Gasteiger partial charge in [-0.2, -0.15) is 0 Å². The van der Waals surface area contributed by atoms with Crippen LogP contribution in [0.2, 0.25) is 0 Å². The third-order valence-corrected chi connectivity index (χ3v) is 4.25. The van der Waals surface area contributed by atoms with Crippen LogP contribution in [0.4, 0.5) is 10.5 Å².